The number of piperazine rings is 1. The summed E-state index contributed by atoms with van der Waals surface area (Å²) in [6.45, 7) is 8.23. The molecule has 2 aliphatic rings. The lowest BCUT2D eigenvalue weighted by molar-refractivity contribution is -0.116. The zero-order chi connectivity index (χ0) is 24.0. The second-order valence-corrected chi connectivity index (χ2v) is 10.9. The first-order valence-corrected chi connectivity index (χ1v) is 13.8. The Bertz CT molecular complexity index is 1160. The summed E-state index contributed by atoms with van der Waals surface area (Å²) in [5.74, 6) is 2.40. The number of nitrogens with zero attached hydrogens (tertiary/aromatic N) is 3. The number of nitrogens with one attached hydrogen (secondary N) is 1. The smallest absolute Gasteiger partial charge is 0.244 e. The largest absolute Gasteiger partial charge is 0.353 e. The lowest BCUT2D eigenvalue weighted by Gasteiger charge is -2.40. The van der Waals surface area contributed by atoms with Crippen LogP contribution in [0, 0.1) is 18.8 Å². The second kappa shape index (κ2) is 11.4. The first-order valence-electron chi connectivity index (χ1n) is 13.0. The number of hydrogen-bond donors (Lipinski definition) is 1. The lowest BCUT2D eigenvalue weighted by Crippen LogP contribution is -2.49. The van der Waals surface area contributed by atoms with Crippen molar-refractivity contribution >= 4 is 39.4 Å². The van der Waals surface area contributed by atoms with Crippen LogP contribution in [0.5, 0.6) is 0 Å². The number of hydrogen-bond acceptors (Lipinski definition) is 5. The van der Waals surface area contributed by atoms with Crippen molar-refractivity contribution < 1.29 is 4.79 Å². The highest BCUT2D eigenvalue weighted by Gasteiger charge is 2.29. The molecule has 2 atom stereocenters. The van der Waals surface area contributed by atoms with Gasteiger partial charge < -0.3 is 10.2 Å². The number of rotatable bonds is 7. The highest BCUT2D eigenvalue weighted by Crippen LogP contribution is 2.32. The predicted molar refractivity (Wildman–Crippen MR) is 147 cm³/mol. The molecule has 2 fully saturated rings. The van der Waals surface area contributed by atoms with Crippen LogP contribution in [0.2, 0.25) is 0 Å². The van der Waals surface area contributed by atoms with Gasteiger partial charge in [-0.05, 0) is 66.9 Å². The summed E-state index contributed by atoms with van der Waals surface area (Å²) in [6.07, 6.45) is 8.67. The average molecular weight is 489 g/mol. The maximum absolute atomic E-state index is 12.5. The number of fused-ring (bicyclic) bond motifs is 1. The van der Waals surface area contributed by atoms with Gasteiger partial charge in [0.2, 0.25) is 5.91 Å². The highest BCUT2D eigenvalue weighted by atomic mass is 32.1. The van der Waals surface area contributed by atoms with Gasteiger partial charge in [0, 0.05) is 50.7 Å². The Hall–Kier alpha value is -2.70. The number of anilines is 1. The van der Waals surface area contributed by atoms with Crippen molar-refractivity contribution in [3.63, 3.8) is 0 Å². The fourth-order valence-corrected chi connectivity index (χ4v) is 6.40. The fourth-order valence-electron chi connectivity index (χ4n) is 5.60. The van der Waals surface area contributed by atoms with Crippen LogP contribution < -0.4 is 10.2 Å². The van der Waals surface area contributed by atoms with Crippen LogP contribution in [-0.4, -0.2) is 54.4 Å². The summed E-state index contributed by atoms with van der Waals surface area (Å²) < 4.78 is 6.02. The molecule has 2 aromatic carbocycles. The van der Waals surface area contributed by atoms with Gasteiger partial charge in [0.1, 0.15) is 5.82 Å². The second-order valence-electron chi connectivity index (χ2n) is 10.1. The third-order valence-electron chi connectivity index (χ3n) is 7.60. The molecule has 1 N–H and O–H groups in total. The molecule has 5 nitrogen and oxygen atoms in total. The molecule has 1 saturated heterocycles. The SMILES string of the molecule is Cc1cccc(C=CC(=O)NC[C@H]2CCCC[C@@H]2CN2CCN(c3nsc4ccccc34)CC2)c1. The van der Waals surface area contributed by atoms with Crippen molar-refractivity contribution in [3.8, 4) is 0 Å². The quantitative estimate of drug-likeness (QED) is 0.455. The van der Waals surface area contributed by atoms with Crippen molar-refractivity contribution in [2.75, 3.05) is 44.2 Å². The molecule has 1 aromatic heterocycles. The van der Waals surface area contributed by atoms with Gasteiger partial charge in [0.05, 0.1) is 4.70 Å². The maximum Gasteiger partial charge on any atom is 0.244 e. The van der Waals surface area contributed by atoms with Crippen molar-refractivity contribution in [1.29, 1.82) is 0 Å². The molecule has 5 rings (SSSR count). The Balaban J connectivity index is 1.11. The van der Waals surface area contributed by atoms with Crippen LogP contribution in [0.1, 0.15) is 36.8 Å². The van der Waals surface area contributed by atoms with Gasteiger partial charge in [0.15, 0.2) is 0 Å². The van der Waals surface area contributed by atoms with Crippen molar-refractivity contribution in [2.24, 2.45) is 11.8 Å². The molecule has 3 aromatic rings. The summed E-state index contributed by atoms with van der Waals surface area (Å²) in [5.41, 5.74) is 2.28. The van der Waals surface area contributed by atoms with Gasteiger partial charge in [0.25, 0.3) is 0 Å². The van der Waals surface area contributed by atoms with E-state index in [-0.39, 0.29) is 5.91 Å². The molecule has 1 saturated carbocycles. The molecule has 35 heavy (non-hydrogen) atoms. The minimum absolute atomic E-state index is 0.0138. The predicted octanol–water partition coefficient (Wildman–Crippen LogP) is 5.36. The Morgan fingerprint density at radius 2 is 1.86 bits per heavy atom. The van der Waals surface area contributed by atoms with Crippen LogP contribution in [0.15, 0.2) is 54.6 Å². The summed E-state index contributed by atoms with van der Waals surface area (Å²) in [6, 6.07) is 16.8. The molecule has 1 aliphatic heterocycles. The van der Waals surface area contributed by atoms with E-state index in [1.54, 1.807) is 17.6 Å². The van der Waals surface area contributed by atoms with Gasteiger partial charge >= 0.3 is 0 Å². The molecular weight excluding hydrogens is 452 g/mol. The Kier molecular flexibility index (Phi) is 7.79. The fraction of sp³-hybridized carbons (Fsp3) is 0.448. The summed E-state index contributed by atoms with van der Waals surface area (Å²) in [5, 5.41) is 4.47. The highest BCUT2D eigenvalue weighted by molar-refractivity contribution is 7.13. The van der Waals surface area contributed by atoms with Crippen molar-refractivity contribution in [2.45, 2.75) is 32.6 Å². The van der Waals surface area contributed by atoms with Crippen LogP contribution >= 0.6 is 11.5 Å². The Labute approximate surface area is 213 Å². The number of aryl methyl sites for hydroxylation is 1. The molecule has 0 radical (unpaired) electrons. The van der Waals surface area contributed by atoms with Crippen LogP contribution in [0.25, 0.3) is 16.2 Å². The van der Waals surface area contributed by atoms with Gasteiger partial charge in [-0.2, -0.15) is 4.37 Å². The molecule has 184 valence electrons. The maximum atomic E-state index is 12.5. The standard InChI is InChI=1S/C29H36N4OS/c1-22-7-6-8-23(19-22)13-14-28(34)30-20-24-9-2-3-10-25(24)21-32-15-17-33(18-16-32)29-26-11-4-5-12-27(26)35-31-29/h4-8,11-14,19,24-25H,2-3,9-10,15-18,20-21H2,1H3,(H,30,34)/t24-,25-/m1/s1. The third kappa shape index (κ3) is 6.11. The molecule has 6 heteroatoms. The summed E-state index contributed by atoms with van der Waals surface area (Å²) >= 11 is 1.60. The van der Waals surface area contributed by atoms with E-state index in [1.165, 1.54) is 41.3 Å². The van der Waals surface area contributed by atoms with E-state index in [1.807, 2.05) is 18.2 Å². The van der Waals surface area contributed by atoms with Gasteiger partial charge in [-0.3, -0.25) is 9.69 Å². The molecule has 2 heterocycles. The van der Waals surface area contributed by atoms with E-state index < -0.39 is 0 Å². The molecule has 0 bridgehead atoms. The van der Waals surface area contributed by atoms with E-state index in [9.17, 15) is 4.79 Å². The molecule has 0 spiro atoms. The number of carbonyl (C=O) groups is 1. The van der Waals surface area contributed by atoms with Gasteiger partial charge in [-0.25, -0.2) is 0 Å². The molecular formula is C29H36N4OS. The van der Waals surface area contributed by atoms with Crippen LogP contribution in [0.4, 0.5) is 5.82 Å². The number of aromatic nitrogens is 1. The zero-order valence-electron chi connectivity index (χ0n) is 20.7. The summed E-state index contributed by atoms with van der Waals surface area (Å²) in [7, 11) is 0. The minimum Gasteiger partial charge on any atom is -0.353 e. The summed E-state index contributed by atoms with van der Waals surface area (Å²) in [4.78, 5) is 17.5. The van der Waals surface area contributed by atoms with Gasteiger partial charge in [-0.1, -0.05) is 54.8 Å². The number of amides is 1. The zero-order valence-corrected chi connectivity index (χ0v) is 21.5. The molecule has 1 amide bonds. The van der Waals surface area contributed by atoms with Crippen molar-refractivity contribution in [3.05, 3.63) is 65.7 Å². The van der Waals surface area contributed by atoms with E-state index >= 15 is 0 Å². The number of carbonyl (C=O) groups excluding carboxylic acids is 1. The van der Waals surface area contributed by atoms with E-state index in [0.29, 0.717) is 11.8 Å². The number of benzene rings is 2. The molecule has 0 unspecified atom stereocenters. The third-order valence-corrected chi connectivity index (χ3v) is 8.41. The van der Waals surface area contributed by atoms with E-state index in [4.69, 9.17) is 4.37 Å². The first-order chi connectivity index (χ1) is 17.2. The minimum atomic E-state index is 0.0138. The van der Waals surface area contributed by atoms with E-state index in [2.05, 4.69) is 58.4 Å². The topological polar surface area (TPSA) is 48.5 Å². The Morgan fingerprint density at radius 1 is 1.06 bits per heavy atom. The first kappa shape index (κ1) is 24.0. The average Bonchev–Trinajstić information content (AvgIpc) is 3.32. The Morgan fingerprint density at radius 3 is 2.69 bits per heavy atom. The monoisotopic (exact) mass is 488 g/mol. The van der Waals surface area contributed by atoms with Crippen molar-refractivity contribution in [1.82, 2.24) is 14.6 Å². The van der Waals surface area contributed by atoms with Crippen LogP contribution in [-0.2, 0) is 4.79 Å². The van der Waals surface area contributed by atoms with E-state index in [0.717, 1.165) is 50.6 Å². The molecule has 1 aliphatic carbocycles. The van der Waals surface area contributed by atoms with Gasteiger partial charge in [-0.15, -0.1) is 0 Å². The lowest BCUT2D eigenvalue weighted by atomic mass is 9.78. The normalized spacial score (nSPS) is 21.6. The van der Waals surface area contributed by atoms with Crippen LogP contribution in [0.3, 0.4) is 0 Å².